The maximum atomic E-state index is 5.36. The van der Waals surface area contributed by atoms with Gasteiger partial charge in [0.1, 0.15) is 12.2 Å². The smallest absolute Gasteiger partial charge is 0.109 e. The normalized spacial score (nSPS) is 33.0. The molecule has 0 saturated carbocycles. The molecule has 0 bridgehead atoms. The molecule has 0 aliphatic carbocycles. The summed E-state index contributed by atoms with van der Waals surface area (Å²) in [6, 6.07) is 0. The van der Waals surface area contributed by atoms with Crippen LogP contribution in [0.2, 0.25) is 0 Å². The van der Waals surface area contributed by atoms with Crippen LogP contribution in [0.25, 0.3) is 0 Å². The van der Waals surface area contributed by atoms with Crippen LogP contribution in [0.5, 0.6) is 0 Å². The molecule has 0 aromatic carbocycles. The van der Waals surface area contributed by atoms with Crippen LogP contribution in [0.15, 0.2) is 0 Å². The third kappa shape index (κ3) is 1.68. The Kier molecular flexibility index (Phi) is 3.12. The molecule has 0 amide bonds. The van der Waals surface area contributed by atoms with E-state index >= 15 is 0 Å². The molecular weight excluding hydrogens is 132 g/mol. The van der Waals surface area contributed by atoms with E-state index in [2.05, 4.69) is 0 Å². The van der Waals surface area contributed by atoms with Crippen molar-refractivity contribution in [3.63, 3.8) is 0 Å². The fourth-order valence-electron chi connectivity index (χ4n) is 1.10. The molecule has 0 radical (unpaired) electrons. The van der Waals surface area contributed by atoms with Crippen LogP contribution < -0.4 is 0 Å². The number of hydrogen-bond donors (Lipinski definition) is 0. The van der Waals surface area contributed by atoms with Crippen molar-refractivity contribution < 1.29 is 14.2 Å². The summed E-state index contributed by atoms with van der Waals surface area (Å²) in [7, 11) is 1.69. The van der Waals surface area contributed by atoms with Crippen LogP contribution >= 0.6 is 0 Å². The van der Waals surface area contributed by atoms with Gasteiger partial charge in [-0.15, -0.1) is 0 Å². The first-order chi connectivity index (χ1) is 4.88. The summed E-state index contributed by atoms with van der Waals surface area (Å²) in [4.78, 5) is 0. The van der Waals surface area contributed by atoms with Crippen molar-refractivity contribution in [1.82, 2.24) is 0 Å². The molecular formula is C7H14O3. The van der Waals surface area contributed by atoms with Crippen molar-refractivity contribution in [1.29, 1.82) is 0 Å². The number of hydrogen-bond acceptors (Lipinski definition) is 3. The number of ether oxygens (including phenoxy) is 3. The lowest BCUT2D eigenvalue weighted by Gasteiger charge is -2.14. The van der Waals surface area contributed by atoms with Gasteiger partial charge in [-0.2, -0.15) is 0 Å². The van der Waals surface area contributed by atoms with Crippen LogP contribution in [-0.2, 0) is 14.2 Å². The van der Waals surface area contributed by atoms with Gasteiger partial charge in [0, 0.05) is 13.7 Å². The van der Waals surface area contributed by atoms with Gasteiger partial charge in [0.05, 0.1) is 13.2 Å². The van der Waals surface area contributed by atoms with Gasteiger partial charge in [-0.25, -0.2) is 0 Å². The minimum absolute atomic E-state index is 0.139. The lowest BCUT2D eigenvalue weighted by atomic mass is 10.2. The van der Waals surface area contributed by atoms with Crippen LogP contribution in [0.4, 0.5) is 0 Å². The van der Waals surface area contributed by atoms with Gasteiger partial charge in [0.25, 0.3) is 0 Å². The Balaban J connectivity index is 2.27. The van der Waals surface area contributed by atoms with Crippen molar-refractivity contribution in [3.05, 3.63) is 0 Å². The van der Waals surface area contributed by atoms with E-state index in [0.29, 0.717) is 13.2 Å². The molecule has 1 heterocycles. The van der Waals surface area contributed by atoms with Gasteiger partial charge >= 0.3 is 0 Å². The molecule has 1 aliphatic heterocycles. The highest BCUT2D eigenvalue weighted by Crippen LogP contribution is 2.11. The summed E-state index contributed by atoms with van der Waals surface area (Å²) in [5.74, 6) is 0. The fourth-order valence-corrected chi connectivity index (χ4v) is 1.10. The largest absolute Gasteiger partial charge is 0.376 e. The number of methoxy groups -OCH3 is 1. The SMILES string of the molecule is CCOC1COCC1OC. The Bertz CT molecular complexity index is 94.9. The van der Waals surface area contributed by atoms with E-state index in [-0.39, 0.29) is 12.2 Å². The summed E-state index contributed by atoms with van der Waals surface area (Å²) >= 11 is 0. The molecule has 1 aliphatic rings. The lowest BCUT2D eigenvalue weighted by molar-refractivity contribution is -0.0234. The van der Waals surface area contributed by atoms with Crippen LogP contribution in [0.3, 0.4) is 0 Å². The highest BCUT2D eigenvalue weighted by Gasteiger charge is 2.28. The minimum Gasteiger partial charge on any atom is -0.376 e. The van der Waals surface area contributed by atoms with Gasteiger partial charge < -0.3 is 14.2 Å². The molecule has 2 atom stereocenters. The van der Waals surface area contributed by atoms with Crippen molar-refractivity contribution in [2.24, 2.45) is 0 Å². The standard InChI is InChI=1S/C7H14O3/c1-3-10-7-5-9-4-6(7)8-2/h6-7H,3-5H2,1-2H3. The van der Waals surface area contributed by atoms with Crippen LogP contribution in [0, 0.1) is 0 Å². The Morgan fingerprint density at radius 2 is 2.10 bits per heavy atom. The molecule has 1 saturated heterocycles. The molecule has 1 rings (SSSR count). The molecule has 60 valence electrons. The number of rotatable bonds is 3. The topological polar surface area (TPSA) is 27.7 Å². The van der Waals surface area contributed by atoms with E-state index in [1.165, 1.54) is 0 Å². The first kappa shape index (κ1) is 7.98. The van der Waals surface area contributed by atoms with Crippen molar-refractivity contribution >= 4 is 0 Å². The quantitative estimate of drug-likeness (QED) is 0.578. The zero-order valence-corrected chi connectivity index (χ0v) is 6.50. The molecule has 10 heavy (non-hydrogen) atoms. The molecule has 0 N–H and O–H groups in total. The van der Waals surface area contributed by atoms with Gasteiger partial charge in [-0.05, 0) is 6.92 Å². The van der Waals surface area contributed by atoms with Crippen molar-refractivity contribution in [2.75, 3.05) is 26.9 Å². The minimum atomic E-state index is 0.139. The molecule has 0 spiro atoms. The second-order valence-electron chi connectivity index (χ2n) is 2.31. The van der Waals surface area contributed by atoms with Crippen LogP contribution in [0.1, 0.15) is 6.92 Å². The highest BCUT2D eigenvalue weighted by atomic mass is 16.6. The maximum absolute atomic E-state index is 5.36. The van der Waals surface area contributed by atoms with Crippen molar-refractivity contribution in [2.45, 2.75) is 19.1 Å². The zero-order valence-electron chi connectivity index (χ0n) is 6.50. The Labute approximate surface area is 61.3 Å². The summed E-state index contributed by atoms with van der Waals surface area (Å²) in [5, 5.41) is 0. The molecule has 0 aromatic heterocycles. The fraction of sp³-hybridized carbons (Fsp3) is 1.00. The Morgan fingerprint density at radius 3 is 2.70 bits per heavy atom. The first-order valence-corrected chi connectivity index (χ1v) is 3.60. The molecule has 3 heteroatoms. The molecule has 2 unspecified atom stereocenters. The van der Waals surface area contributed by atoms with E-state index < -0.39 is 0 Å². The van der Waals surface area contributed by atoms with E-state index in [1.54, 1.807) is 7.11 Å². The second kappa shape index (κ2) is 3.91. The monoisotopic (exact) mass is 146 g/mol. The summed E-state index contributed by atoms with van der Waals surface area (Å²) in [5.41, 5.74) is 0. The van der Waals surface area contributed by atoms with Gasteiger partial charge in [0.15, 0.2) is 0 Å². The Hall–Kier alpha value is -0.120. The zero-order chi connectivity index (χ0) is 7.40. The van der Waals surface area contributed by atoms with E-state index in [9.17, 15) is 0 Å². The van der Waals surface area contributed by atoms with Gasteiger partial charge in [-0.1, -0.05) is 0 Å². The summed E-state index contributed by atoms with van der Waals surface area (Å²) in [6.07, 6.45) is 0.287. The predicted octanol–water partition coefficient (Wildman–Crippen LogP) is 0.437. The van der Waals surface area contributed by atoms with E-state index in [0.717, 1.165) is 6.61 Å². The average Bonchev–Trinajstić information content (AvgIpc) is 2.36. The lowest BCUT2D eigenvalue weighted by Crippen LogP contribution is -2.28. The third-order valence-corrected chi connectivity index (χ3v) is 1.66. The summed E-state index contributed by atoms with van der Waals surface area (Å²) in [6.45, 7) is 4.05. The van der Waals surface area contributed by atoms with Gasteiger partial charge in [-0.3, -0.25) is 0 Å². The predicted molar refractivity (Wildman–Crippen MR) is 37.0 cm³/mol. The maximum Gasteiger partial charge on any atom is 0.109 e. The third-order valence-electron chi connectivity index (χ3n) is 1.66. The second-order valence-corrected chi connectivity index (χ2v) is 2.31. The van der Waals surface area contributed by atoms with Crippen molar-refractivity contribution in [3.8, 4) is 0 Å². The highest BCUT2D eigenvalue weighted by molar-refractivity contribution is 4.75. The molecule has 3 nitrogen and oxygen atoms in total. The van der Waals surface area contributed by atoms with E-state index in [1.807, 2.05) is 6.92 Å². The first-order valence-electron chi connectivity index (χ1n) is 3.60. The molecule has 1 fully saturated rings. The average molecular weight is 146 g/mol. The Morgan fingerprint density at radius 1 is 1.40 bits per heavy atom. The van der Waals surface area contributed by atoms with Gasteiger partial charge in [0.2, 0.25) is 0 Å². The van der Waals surface area contributed by atoms with E-state index in [4.69, 9.17) is 14.2 Å². The summed E-state index contributed by atoms with van der Waals surface area (Å²) < 4.78 is 15.6. The molecule has 0 aromatic rings. The van der Waals surface area contributed by atoms with Crippen LogP contribution in [-0.4, -0.2) is 39.1 Å².